The molecule has 0 aromatic heterocycles. The van der Waals surface area contributed by atoms with Crippen molar-refractivity contribution in [2.75, 3.05) is 43.5 Å². The van der Waals surface area contributed by atoms with Crippen LogP contribution in [0.15, 0.2) is 47.4 Å². The van der Waals surface area contributed by atoms with Crippen molar-refractivity contribution in [1.82, 2.24) is 4.31 Å². The molecule has 0 bridgehead atoms. The third-order valence-electron chi connectivity index (χ3n) is 5.81. The van der Waals surface area contributed by atoms with Crippen molar-refractivity contribution in [1.29, 1.82) is 0 Å². The van der Waals surface area contributed by atoms with E-state index in [-0.39, 0.29) is 16.7 Å². The maximum atomic E-state index is 13.0. The van der Waals surface area contributed by atoms with Gasteiger partial charge in [-0.3, -0.25) is 4.79 Å². The first kappa shape index (κ1) is 24.4. The number of amides is 1. The predicted molar refractivity (Wildman–Crippen MR) is 128 cm³/mol. The summed E-state index contributed by atoms with van der Waals surface area (Å²) in [6.07, 6.45) is 1.39. The molecule has 1 fully saturated rings. The number of nitrogens with zero attached hydrogens (tertiary/aromatic N) is 2. The second-order valence-electron chi connectivity index (χ2n) is 7.68. The van der Waals surface area contributed by atoms with Crippen LogP contribution in [0.1, 0.15) is 26.7 Å². The van der Waals surface area contributed by atoms with E-state index in [0.29, 0.717) is 42.4 Å². The summed E-state index contributed by atoms with van der Waals surface area (Å²) in [4.78, 5) is 15.3. The molecule has 1 aliphatic heterocycles. The number of carbonyl (C=O) groups excluding carboxylic acids is 1. The van der Waals surface area contributed by atoms with E-state index in [4.69, 9.17) is 16.3 Å². The van der Waals surface area contributed by atoms with E-state index in [9.17, 15) is 13.2 Å². The molecule has 2 aromatic carbocycles. The van der Waals surface area contributed by atoms with E-state index >= 15 is 0 Å². The average Bonchev–Trinajstić information content (AvgIpc) is 2.79. The van der Waals surface area contributed by atoms with Gasteiger partial charge < -0.3 is 15.0 Å². The summed E-state index contributed by atoms with van der Waals surface area (Å²) >= 11 is 6.10. The summed E-state index contributed by atoms with van der Waals surface area (Å²) in [5.41, 5.74) is 1.41. The SMILES string of the molecule is CCN(CC)S(=O)(=O)c1ccc(OC)c(NC(=O)C2CCN(c3cccc(Cl)c3)CC2)c1. The van der Waals surface area contributed by atoms with E-state index in [0.717, 1.165) is 18.8 Å². The molecule has 0 saturated carbocycles. The largest absolute Gasteiger partial charge is 0.495 e. The highest BCUT2D eigenvalue weighted by molar-refractivity contribution is 7.89. The Morgan fingerprint density at radius 1 is 1.16 bits per heavy atom. The van der Waals surface area contributed by atoms with Gasteiger partial charge in [0, 0.05) is 42.8 Å². The molecule has 1 aliphatic rings. The van der Waals surface area contributed by atoms with Crippen LogP contribution in [-0.2, 0) is 14.8 Å². The van der Waals surface area contributed by atoms with Gasteiger partial charge in [0.2, 0.25) is 15.9 Å². The molecule has 1 amide bonds. The number of piperidine rings is 1. The molecular weight excluding hydrogens is 450 g/mol. The fraction of sp³-hybridized carbons (Fsp3) is 0.435. The fourth-order valence-electron chi connectivity index (χ4n) is 3.97. The van der Waals surface area contributed by atoms with Crippen LogP contribution in [0.4, 0.5) is 11.4 Å². The highest BCUT2D eigenvalue weighted by Gasteiger charge is 2.27. The fourth-order valence-corrected chi connectivity index (χ4v) is 5.63. The number of halogens is 1. The van der Waals surface area contributed by atoms with E-state index in [1.165, 1.54) is 23.5 Å². The molecule has 7 nitrogen and oxygen atoms in total. The number of benzene rings is 2. The predicted octanol–water partition coefficient (Wildman–Crippen LogP) is 4.23. The number of methoxy groups -OCH3 is 1. The van der Waals surface area contributed by atoms with Crippen molar-refractivity contribution in [3.8, 4) is 5.75 Å². The molecule has 0 atom stereocenters. The lowest BCUT2D eigenvalue weighted by molar-refractivity contribution is -0.120. The molecule has 1 saturated heterocycles. The first-order valence-corrected chi connectivity index (χ1v) is 12.6. The molecule has 0 aliphatic carbocycles. The molecule has 3 rings (SSSR count). The van der Waals surface area contributed by atoms with Crippen molar-refractivity contribution < 1.29 is 17.9 Å². The van der Waals surface area contributed by atoms with E-state index in [1.54, 1.807) is 19.9 Å². The minimum atomic E-state index is -3.64. The van der Waals surface area contributed by atoms with Crippen molar-refractivity contribution in [2.45, 2.75) is 31.6 Å². The van der Waals surface area contributed by atoms with Crippen LogP contribution in [0.2, 0.25) is 5.02 Å². The zero-order valence-electron chi connectivity index (χ0n) is 18.7. The second-order valence-corrected chi connectivity index (χ2v) is 10.1. The quantitative estimate of drug-likeness (QED) is 0.612. The zero-order chi connectivity index (χ0) is 23.3. The van der Waals surface area contributed by atoms with Gasteiger partial charge in [-0.15, -0.1) is 0 Å². The smallest absolute Gasteiger partial charge is 0.243 e. The van der Waals surface area contributed by atoms with Gasteiger partial charge in [-0.2, -0.15) is 4.31 Å². The van der Waals surface area contributed by atoms with Gasteiger partial charge in [-0.1, -0.05) is 31.5 Å². The molecule has 174 valence electrons. The minimum Gasteiger partial charge on any atom is -0.495 e. The Hall–Kier alpha value is -2.29. The molecule has 32 heavy (non-hydrogen) atoms. The number of ether oxygens (including phenoxy) is 1. The Labute approximate surface area is 195 Å². The first-order chi connectivity index (χ1) is 15.3. The number of anilines is 2. The van der Waals surface area contributed by atoms with Crippen LogP contribution >= 0.6 is 11.6 Å². The lowest BCUT2D eigenvalue weighted by Crippen LogP contribution is -2.38. The Morgan fingerprint density at radius 3 is 2.44 bits per heavy atom. The number of carbonyl (C=O) groups is 1. The van der Waals surface area contributed by atoms with Gasteiger partial charge in [-0.25, -0.2) is 8.42 Å². The van der Waals surface area contributed by atoms with Crippen LogP contribution in [-0.4, -0.2) is 51.9 Å². The molecule has 1 N–H and O–H groups in total. The standard InChI is InChI=1S/C23H30ClN3O4S/c1-4-27(5-2)32(29,30)20-9-10-22(31-3)21(16-20)25-23(28)17-11-13-26(14-12-17)19-8-6-7-18(24)15-19/h6-10,15-17H,4-5,11-14H2,1-3H3,(H,25,28). The Bertz CT molecular complexity index is 1050. The maximum Gasteiger partial charge on any atom is 0.243 e. The van der Waals surface area contributed by atoms with Crippen molar-refractivity contribution in [3.63, 3.8) is 0 Å². The van der Waals surface area contributed by atoms with Gasteiger partial charge in [0.15, 0.2) is 0 Å². The lowest BCUT2D eigenvalue weighted by atomic mass is 9.95. The summed E-state index contributed by atoms with van der Waals surface area (Å²) < 4.78 is 32.5. The van der Waals surface area contributed by atoms with E-state index < -0.39 is 10.0 Å². The van der Waals surface area contributed by atoms with E-state index in [1.807, 2.05) is 24.3 Å². The molecule has 1 heterocycles. The summed E-state index contributed by atoms with van der Waals surface area (Å²) in [5.74, 6) is 0.123. The van der Waals surface area contributed by atoms with Crippen LogP contribution < -0.4 is 15.0 Å². The van der Waals surface area contributed by atoms with Gasteiger partial charge in [0.25, 0.3) is 0 Å². The second kappa shape index (κ2) is 10.6. The Kier molecular flexibility index (Phi) is 8.03. The van der Waals surface area contributed by atoms with Crippen molar-refractivity contribution in [3.05, 3.63) is 47.5 Å². The molecule has 0 unspecified atom stereocenters. The summed E-state index contributed by atoms with van der Waals surface area (Å²) in [6, 6.07) is 12.3. The van der Waals surface area contributed by atoms with Crippen LogP contribution in [0.5, 0.6) is 5.75 Å². The summed E-state index contributed by atoms with van der Waals surface area (Å²) in [5, 5.41) is 3.58. The third kappa shape index (κ3) is 5.36. The van der Waals surface area contributed by atoms with Crippen LogP contribution in [0.25, 0.3) is 0 Å². The topological polar surface area (TPSA) is 79.0 Å². The summed E-state index contributed by atoms with van der Waals surface area (Å²) in [7, 11) is -2.15. The van der Waals surface area contributed by atoms with Gasteiger partial charge in [-0.05, 0) is 49.2 Å². The molecular formula is C23H30ClN3O4S. The number of hydrogen-bond donors (Lipinski definition) is 1. The van der Waals surface area contributed by atoms with Crippen molar-refractivity contribution >= 4 is 38.9 Å². The average molecular weight is 480 g/mol. The van der Waals surface area contributed by atoms with Crippen LogP contribution in [0.3, 0.4) is 0 Å². The number of rotatable bonds is 8. The molecule has 2 aromatic rings. The lowest BCUT2D eigenvalue weighted by Gasteiger charge is -2.33. The summed E-state index contributed by atoms with van der Waals surface area (Å²) in [6.45, 7) is 5.82. The van der Waals surface area contributed by atoms with Crippen molar-refractivity contribution in [2.24, 2.45) is 5.92 Å². The van der Waals surface area contributed by atoms with Gasteiger partial charge >= 0.3 is 0 Å². The normalized spacial score (nSPS) is 15.1. The minimum absolute atomic E-state index is 0.132. The molecule has 0 spiro atoms. The zero-order valence-corrected chi connectivity index (χ0v) is 20.2. The van der Waals surface area contributed by atoms with E-state index in [2.05, 4.69) is 10.2 Å². The maximum absolute atomic E-state index is 13.0. The third-order valence-corrected chi connectivity index (χ3v) is 8.09. The Balaban J connectivity index is 1.72. The van der Waals surface area contributed by atoms with Crippen LogP contribution in [0, 0.1) is 5.92 Å². The monoisotopic (exact) mass is 479 g/mol. The number of nitrogens with one attached hydrogen (secondary N) is 1. The number of sulfonamides is 1. The molecule has 9 heteroatoms. The first-order valence-electron chi connectivity index (χ1n) is 10.8. The highest BCUT2D eigenvalue weighted by atomic mass is 35.5. The highest BCUT2D eigenvalue weighted by Crippen LogP contribution is 2.31. The number of hydrogen-bond acceptors (Lipinski definition) is 5. The Morgan fingerprint density at radius 2 is 1.84 bits per heavy atom. The van der Waals surface area contributed by atoms with Gasteiger partial charge in [0.1, 0.15) is 5.75 Å². The molecule has 0 radical (unpaired) electrons. The van der Waals surface area contributed by atoms with Gasteiger partial charge in [0.05, 0.1) is 17.7 Å².